The van der Waals surface area contributed by atoms with Crippen LogP contribution in [-0.4, -0.2) is 37.8 Å². The van der Waals surface area contributed by atoms with Gasteiger partial charge in [0.1, 0.15) is 0 Å². The van der Waals surface area contributed by atoms with Gasteiger partial charge in [-0.05, 0) is 37.4 Å². The van der Waals surface area contributed by atoms with Crippen molar-refractivity contribution in [3.63, 3.8) is 0 Å². The van der Waals surface area contributed by atoms with Gasteiger partial charge in [0.15, 0.2) is 8.32 Å². The molecule has 0 aromatic heterocycles. The Labute approximate surface area is 155 Å². The molecule has 0 aromatic rings. The molecule has 0 aromatic carbocycles. The summed E-state index contributed by atoms with van der Waals surface area (Å²) < 4.78 is 12.7. The lowest BCUT2D eigenvalue weighted by Gasteiger charge is -2.41. The zero-order valence-corrected chi connectivity index (χ0v) is 17.9. The predicted octanol–water partition coefficient (Wildman–Crippen LogP) is 4.97. The molecule has 0 aliphatic heterocycles. The summed E-state index contributed by atoms with van der Waals surface area (Å²) in [5.74, 6) is 0. The third-order valence-corrected chi connectivity index (χ3v) is 9.46. The molecule has 0 rings (SSSR count). The van der Waals surface area contributed by atoms with Crippen molar-refractivity contribution in [2.45, 2.75) is 95.9 Å². The molecule has 0 amide bonds. The highest BCUT2D eigenvalue weighted by Gasteiger charge is 2.41. The Morgan fingerprint density at radius 3 is 2.04 bits per heavy atom. The number of aliphatic hydroxyl groups excluding tert-OH is 1. The minimum atomic E-state index is -2.02. The van der Waals surface area contributed by atoms with Gasteiger partial charge in [-0.3, -0.25) is 0 Å². The number of ether oxygens (including phenoxy) is 1. The summed E-state index contributed by atoms with van der Waals surface area (Å²) in [5.41, 5.74) is 0. The number of hydrogen-bond donors (Lipinski definition) is 1. The molecule has 4 atom stereocenters. The first-order valence-corrected chi connectivity index (χ1v) is 12.0. The van der Waals surface area contributed by atoms with Crippen LogP contribution < -0.4 is 0 Å². The first-order chi connectivity index (χ1) is 11.5. The largest absolute Gasteiger partial charge is 0.411 e. The van der Waals surface area contributed by atoms with Crippen LogP contribution in [0.2, 0.25) is 18.1 Å². The van der Waals surface area contributed by atoms with Gasteiger partial charge >= 0.3 is 0 Å². The minimum absolute atomic E-state index is 0.0626. The van der Waals surface area contributed by atoms with E-state index in [4.69, 9.17) is 9.16 Å². The second-order valence-corrected chi connectivity index (χ2v) is 12.8. The quantitative estimate of drug-likeness (QED) is 0.391. The van der Waals surface area contributed by atoms with Crippen molar-refractivity contribution in [3.8, 4) is 6.07 Å². The fraction of sp³-hybridized carbons (Fsp3) is 0.750. The van der Waals surface area contributed by atoms with Crippen molar-refractivity contribution in [3.05, 3.63) is 25.3 Å². The van der Waals surface area contributed by atoms with Crippen LogP contribution in [0.25, 0.3) is 0 Å². The molecule has 0 bridgehead atoms. The van der Waals surface area contributed by atoms with Gasteiger partial charge in [-0.2, -0.15) is 5.26 Å². The zero-order valence-electron chi connectivity index (χ0n) is 16.9. The molecular formula is C20H37NO3Si. The van der Waals surface area contributed by atoms with Gasteiger partial charge in [0.05, 0.1) is 36.9 Å². The standard InChI is InChI=1S/C20H37NO3Si/c1-9-12-17(16(22)11-3)23-18(14-15-21)19(13-10-2)24-25(7,8)20(4,5)6/h9-10,16-19,22H,1-2,11-14H2,3-8H3/t16-,17-,18+,19+/m1/s1. The molecule has 0 heterocycles. The molecule has 0 unspecified atom stereocenters. The van der Waals surface area contributed by atoms with Crippen molar-refractivity contribution >= 4 is 8.32 Å². The predicted molar refractivity (Wildman–Crippen MR) is 107 cm³/mol. The number of hydrogen-bond acceptors (Lipinski definition) is 4. The van der Waals surface area contributed by atoms with Crippen LogP contribution >= 0.6 is 0 Å². The second kappa shape index (κ2) is 10.9. The molecule has 144 valence electrons. The normalized spacial score (nSPS) is 17.2. The van der Waals surface area contributed by atoms with E-state index in [1.54, 1.807) is 6.08 Å². The third kappa shape index (κ3) is 7.87. The van der Waals surface area contributed by atoms with Gasteiger partial charge in [0.2, 0.25) is 0 Å². The Morgan fingerprint density at radius 1 is 1.12 bits per heavy atom. The molecule has 0 aliphatic carbocycles. The van der Waals surface area contributed by atoms with E-state index in [2.05, 4.69) is 53.1 Å². The van der Waals surface area contributed by atoms with Crippen LogP contribution in [0.4, 0.5) is 0 Å². The van der Waals surface area contributed by atoms with Crippen LogP contribution in [0.15, 0.2) is 25.3 Å². The summed E-state index contributed by atoms with van der Waals surface area (Å²) in [5, 5.41) is 19.6. The Hall–Kier alpha value is -0.933. The SMILES string of the molecule is C=CC[C@H](O[Si](C)(C)C(C)(C)C)[C@H](CC#N)O[C@H](CC=C)[C@H](O)CC. The first kappa shape index (κ1) is 24.1. The summed E-state index contributed by atoms with van der Waals surface area (Å²) in [6, 6.07) is 2.20. The maximum absolute atomic E-state index is 10.2. The van der Waals surface area contributed by atoms with Gasteiger partial charge in [-0.25, -0.2) is 0 Å². The smallest absolute Gasteiger partial charge is 0.192 e. The fourth-order valence-electron chi connectivity index (χ4n) is 2.31. The zero-order chi connectivity index (χ0) is 19.7. The molecular weight excluding hydrogens is 330 g/mol. The molecule has 25 heavy (non-hydrogen) atoms. The molecule has 4 nitrogen and oxygen atoms in total. The summed E-state index contributed by atoms with van der Waals surface area (Å²) >= 11 is 0. The summed E-state index contributed by atoms with van der Waals surface area (Å²) in [6.45, 7) is 20.4. The van der Waals surface area contributed by atoms with Crippen LogP contribution in [0.1, 0.15) is 53.4 Å². The molecule has 0 saturated heterocycles. The van der Waals surface area contributed by atoms with Gasteiger partial charge in [0, 0.05) is 0 Å². The minimum Gasteiger partial charge on any atom is -0.411 e. The lowest BCUT2D eigenvalue weighted by atomic mass is 10.0. The Morgan fingerprint density at radius 2 is 1.64 bits per heavy atom. The van der Waals surface area contributed by atoms with E-state index in [0.29, 0.717) is 19.3 Å². The summed E-state index contributed by atoms with van der Waals surface area (Å²) in [4.78, 5) is 0. The topological polar surface area (TPSA) is 62.5 Å². The van der Waals surface area contributed by atoms with E-state index >= 15 is 0 Å². The number of nitrogens with zero attached hydrogens (tertiary/aromatic N) is 1. The Bertz CT molecular complexity index is 451. The van der Waals surface area contributed by atoms with Crippen LogP contribution in [0.5, 0.6) is 0 Å². The van der Waals surface area contributed by atoms with Crippen LogP contribution in [0, 0.1) is 11.3 Å². The molecule has 0 aliphatic rings. The number of nitriles is 1. The van der Waals surface area contributed by atoms with E-state index in [-0.39, 0.29) is 23.7 Å². The number of rotatable bonds is 12. The summed E-state index contributed by atoms with van der Waals surface area (Å²) in [7, 11) is -2.02. The average molecular weight is 368 g/mol. The van der Waals surface area contributed by atoms with Crippen molar-refractivity contribution in [2.24, 2.45) is 0 Å². The van der Waals surface area contributed by atoms with Crippen LogP contribution in [0.3, 0.4) is 0 Å². The Balaban J connectivity index is 5.46. The van der Waals surface area contributed by atoms with Crippen LogP contribution in [-0.2, 0) is 9.16 Å². The second-order valence-electron chi connectivity index (χ2n) is 8.02. The lowest BCUT2D eigenvalue weighted by Crippen LogP contribution is -2.48. The maximum Gasteiger partial charge on any atom is 0.192 e. The molecule has 0 fully saturated rings. The average Bonchev–Trinajstić information content (AvgIpc) is 2.51. The van der Waals surface area contributed by atoms with Crippen molar-refractivity contribution in [1.82, 2.24) is 0 Å². The van der Waals surface area contributed by atoms with Crippen molar-refractivity contribution in [2.75, 3.05) is 0 Å². The van der Waals surface area contributed by atoms with Gasteiger partial charge in [-0.1, -0.05) is 39.8 Å². The molecule has 5 heteroatoms. The Kier molecular flexibility index (Phi) is 10.5. The summed E-state index contributed by atoms with van der Waals surface area (Å²) in [6.07, 6.45) is 3.91. The van der Waals surface area contributed by atoms with E-state index < -0.39 is 20.5 Å². The van der Waals surface area contributed by atoms with Crippen molar-refractivity contribution < 1.29 is 14.3 Å². The monoisotopic (exact) mass is 367 g/mol. The highest BCUT2D eigenvalue weighted by Crippen LogP contribution is 2.38. The van der Waals surface area contributed by atoms with E-state index in [1.807, 2.05) is 13.0 Å². The molecule has 0 radical (unpaired) electrons. The maximum atomic E-state index is 10.2. The van der Waals surface area contributed by atoms with Gasteiger partial charge in [0.25, 0.3) is 0 Å². The lowest BCUT2D eigenvalue weighted by molar-refractivity contribution is -0.109. The van der Waals surface area contributed by atoms with E-state index in [1.165, 1.54) is 0 Å². The third-order valence-electron chi connectivity index (χ3n) is 4.95. The van der Waals surface area contributed by atoms with E-state index in [9.17, 15) is 10.4 Å². The fourth-order valence-corrected chi connectivity index (χ4v) is 3.67. The molecule has 0 saturated carbocycles. The highest BCUT2D eigenvalue weighted by molar-refractivity contribution is 6.74. The van der Waals surface area contributed by atoms with Gasteiger partial charge in [-0.15, -0.1) is 13.2 Å². The van der Waals surface area contributed by atoms with Gasteiger partial charge < -0.3 is 14.3 Å². The number of aliphatic hydroxyl groups is 1. The molecule has 0 spiro atoms. The van der Waals surface area contributed by atoms with E-state index in [0.717, 1.165) is 0 Å². The first-order valence-electron chi connectivity index (χ1n) is 9.14. The highest BCUT2D eigenvalue weighted by atomic mass is 28.4. The van der Waals surface area contributed by atoms with Crippen molar-refractivity contribution in [1.29, 1.82) is 5.26 Å². The molecule has 1 N–H and O–H groups in total.